The summed E-state index contributed by atoms with van der Waals surface area (Å²) >= 11 is 6.39. The van der Waals surface area contributed by atoms with Gasteiger partial charge in [-0.1, -0.05) is 48.0 Å². The van der Waals surface area contributed by atoms with Gasteiger partial charge in [-0.2, -0.15) is 0 Å². The van der Waals surface area contributed by atoms with E-state index in [4.69, 9.17) is 16.6 Å². The Kier molecular flexibility index (Phi) is 11.6. The molecule has 2 N–H and O–H groups in total. The van der Waals surface area contributed by atoms with Crippen molar-refractivity contribution < 1.29 is 27.5 Å². The molecule has 3 aromatic carbocycles. The summed E-state index contributed by atoms with van der Waals surface area (Å²) in [5.41, 5.74) is 5.21. The lowest BCUT2D eigenvalue weighted by Crippen LogP contribution is -2.45. The largest absolute Gasteiger partial charge is 0.573 e. The molecule has 2 fully saturated rings. The normalized spacial score (nSPS) is 15.7. The summed E-state index contributed by atoms with van der Waals surface area (Å²) in [7, 11) is 0. The van der Waals surface area contributed by atoms with Crippen molar-refractivity contribution >= 4 is 29.2 Å². The maximum Gasteiger partial charge on any atom is 0.573 e. The molecule has 2 aliphatic heterocycles. The van der Waals surface area contributed by atoms with Crippen LogP contribution in [0.3, 0.4) is 0 Å². The van der Waals surface area contributed by atoms with Gasteiger partial charge in [0.15, 0.2) is 0 Å². The maximum absolute atomic E-state index is 13.2. The van der Waals surface area contributed by atoms with Crippen LogP contribution in [0.2, 0.25) is 5.02 Å². The van der Waals surface area contributed by atoms with E-state index in [2.05, 4.69) is 42.3 Å². The fraction of sp³-hybridized carbons (Fsp3) is 0.286. The SMILES string of the molecule is O=C(NC1CCN(Cc2ccc(N3CCC(NC(=O)c4cccc(-c5cccnc5)c4)CC3)nc2)CC1)c1ccc(Cl)c(-c2ccc(OC(F)(F)F)cc2)c1. The number of carbonyl (C=O) groups excluding carboxylic acids is 2. The Morgan fingerprint density at radius 2 is 1.42 bits per heavy atom. The predicted octanol–water partition coefficient (Wildman–Crippen LogP) is 8.16. The van der Waals surface area contributed by atoms with Crippen LogP contribution >= 0.6 is 11.6 Å². The van der Waals surface area contributed by atoms with E-state index in [9.17, 15) is 22.8 Å². The van der Waals surface area contributed by atoms with Crippen molar-refractivity contribution in [3.63, 3.8) is 0 Å². The third-order valence-corrected chi connectivity index (χ3v) is 10.4. The number of anilines is 1. The molecular formula is C42H40ClF3N6O3. The standard InChI is InChI=1S/C42H40ClF3N6O3/c43-38-12-9-32(24-37(38)29-7-10-36(11-8-29)55-42(44,45)46)41(54)49-34-14-19-51(20-15-34)27-28-6-13-39(48-25-28)52-21-16-35(17-22-52)50-40(53)31-4-1-3-30(23-31)33-5-2-18-47-26-33/h1-13,18,23-26,34-35H,14-17,19-22,27H2,(H,49,54)(H,50,53). The first-order valence-corrected chi connectivity index (χ1v) is 18.6. The minimum atomic E-state index is -4.78. The van der Waals surface area contributed by atoms with Gasteiger partial charge < -0.3 is 20.3 Å². The number of hydrogen-bond donors (Lipinski definition) is 2. The number of benzene rings is 3. The molecule has 2 saturated heterocycles. The van der Waals surface area contributed by atoms with Gasteiger partial charge in [0.25, 0.3) is 11.8 Å². The molecule has 9 nitrogen and oxygen atoms in total. The van der Waals surface area contributed by atoms with E-state index in [-0.39, 0.29) is 29.6 Å². The average molecular weight is 769 g/mol. The highest BCUT2D eigenvalue weighted by Gasteiger charge is 2.31. The van der Waals surface area contributed by atoms with E-state index < -0.39 is 6.36 Å². The second-order valence-corrected chi connectivity index (χ2v) is 14.3. The molecule has 0 saturated carbocycles. The zero-order chi connectivity index (χ0) is 38.4. The van der Waals surface area contributed by atoms with E-state index in [1.54, 1.807) is 30.6 Å². The number of nitrogens with zero attached hydrogens (tertiary/aromatic N) is 4. The van der Waals surface area contributed by atoms with Gasteiger partial charge in [-0.25, -0.2) is 4.98 Å². The number of rotatable bonds is 10. The van der Waals surface area contributed by atoms with E-state index >= 15 is 0 Å². The number of piperidine rings is 2. The summed E-state index contributed by atoms with van der Waals surface area (Å²) in [6.07, 6.45) is 3.92. The number of hydrogen-bond acceptors (Lipinski definition) is 7. The molecule has 7 rings (SSSR count). The second kappa shape index (κ2) is 16.9. The Hall–Kier alpha value is -5.46. The third kappa shape index (κ3) is 10.00. The Labute approximate surface area is 322 Å². The fourth-order valence-electron chi connectivity index (χ4n) is 7.08. The number of amides is 2. The quantitative estimate of drug-likeness (QED) is 0.148. The summed E-state index contributed by atoms with van der Waals surface area (Å²) in [6.45, 7) is 4.00. The predicted molar refractivity (Wildman–Crippen MR) is 206 cm³/mol. The first-order valence-electron chi connectivity index (χ1n) is 18.3. The molecule has 2 aromatic heterocycles. The van der Waals surface area contributed by atoms with Gasteiger partial charge in [-0.15, -0.1) is 13.2 Å². The van der Waals surface area contributed by atoms with Crippen LogP contribution in [0, 0.1) is 0 Å². The smallest absolute Gasteiger partial charge is 0.406 e. The molecule has 2 amide bonds. The van der Waals surface area contributed by atoms with Crippen LogP contribution < -0.4 is 20.3 Å². The molecule has 13 heteroatoms. The number of nitrogens with one attached hydrogen (secondary N) is 2. The first-order chi connectivity index (χ1) is 26.6. The Morgan fingerprint density at radius 1 is 0.745 bits per heavy atom. The van der Waals surface area contributed by atoms with Crippen molar-refractivity contribution in [2.75, 3.05) is 31.1 Å². The number of pyridine rings is 2. The minimum Gasteiger partial charge on any atom is -0.406 e. The van der Waals surface area contributed by atoms with Crippen LogP contribution in [-0.2, 0) is 6.54 Å². The summed E-state index contributed by atoms with van der Waals surface area (Å²) in [4.78, 5) is 39.8. The topological polar surface area (TPSA) is 99.7 Å². The third-order valence-electron chi connectivity index (χ3n) is 10.0. The number of halogens is 4. The van der Waals surface area contributed by atoms with Gasteiger partial charge in [-0.05, 0) is 97.0 Å². The van der Waals surface area contributed by atoms with Crippen LogP contribution in [-0.4, -0.2) is 71.3 Å². The Balaban J connectivity index is 0.845. The van der Waals surface area contributed by atoms with Gasteiger partial charge >= 0.3 is 6.36 Å². The number of aromatic nitrogens is 2. The number of alkyl halides is 3. The minimum absolute atomic E-state index is 0.00638. The molecule has 0 bridgehead atoms. The van der Waals surface area contributed by atoms with Crippen LogP contribution in [0.4, 0.5) is 19.0 Å². The molecule has 55 heavy (non-hydrogen) atoms. The van der Waals surface area contributed by atoms with Crippen molar-refractivity contribution in [3.8, 4) is 28.0 Å². The molecular weight excluding hydrogens is 729 g/mol. The number of ether oxygens (including phenoxy) is 1. The van der Waals surface area contributed by atoms with Crippen molar-refractivity contribution in [3.05, 3.63) is 131 Å². The van der Waals surface area contributed by atoms with Gasteiger partial charge in [0.2, 0.25) is 0 Å². The van der Waals surface area contributed by atoms with E-state index in [1.165, 1.54) is 24.3 Å². The summed E-state index contributed by atoms with van der Waals surface area (Å²) in [5, 5.41) is 6.72. The second-order valence-electron chi connectivity index (χ2n) is 13.9. The van der Waals surface area contributed by atoms with E-state index in [0.717, 1.165) is 80.9 Å². The van der Waals surface area contributed by atoms with Crippen molar-refractivity contribution in [2.24, 2.45) is 0 Å². The lowest BCUT2D eigenvalue weighted by Gasteiger charge is -2.34. The fourth-order valence-corrected chi connectivity index (χ4v) is 7.31. The number of likely N-dealkylation sites (tertiary alicyclic amines) is 1. The highest BCUT2D eigenvalue weighted by Crippen LogP contribution is 2.32. The monoisotopic (exact) mass is 768 g/mol. The highest BCUT2D eigenvalue weighted by molar-refractivity contribution is 6.33. The summed E-state index contributed by atoms with van der Waals surface area (Å²) < 4.78 is 41.6. The molecule has 4 heterocycles. The first kappa shape index (κ1) is 37.8. The molecule has 5 aromatic rings. The molecule has 0 radical (unpaired) electrons. The van der Waals surface area contributed by atoms with Crippen LogP contribution in [0.25, 0.3) is 22.3 Å². The Morgan fingerprint density at radius 3 is 2.05 bits per heavy atom. The van der Waals surface area contributed by atoms with Gasteiger partial charge in [0, 0.05) is 90.7 Å². The average Bonchev–Trinajstić information content (AvgIpc) is 3.19. The highest BCUT2D eigenvalue weighted by atomic mass is 35.5. The summed E-state index contributed by atoms with van der Waals surface area (Å²) in [5.74, 6) is 0.294. The van der Waals surface area contributed by atoms with Crippen LogP contribution in [0.5, 0.6) is 5.75 Å². The molecule has 284 valence electrons. The number of carbonyl (C=O) groups is 2. The lowest BCUT2D eigenvalue weighted by molar-refractivity contribution is -0.274. The van der Waals surface area contributed by atoms with Gasteiger partial charge in [-0.3, -0.25) is 19.5 Å². The van der Waals surface area contributed by atoms with Gasteiger partial charge in [0.1, 0.15) is 11.6 Å². The zero-order valence-electron chi connectivity index (χ0n) is 29.9. The molecule has 0 spiro atoms. The van der Waals surface area contributed by atoms with Crippen molar-refractivity contribution in [2.45, 2.75) is 50.7 Å². The van der Waals surface area contributed by atoms with Crippen molar-refractivity contribution in [1.82, 2.24) is 25.5 Å². The molecule has 0 atom stereocenters. The maximum atomic E-state index is 13.2. The molecule has 2 aliphatic rings. The van der Waals surface area contributed by atoms with Crippen LogP contribution in [0.1, 0.15) is 52.0 Å². The molecule has 0 aliphatic carbocycles. The zero-order valence-corrected chi connectivity index (χ0v) is 30.7. The Bertz CT molecular complexity index is 2090. The summed E-state index contributed by atoms with van der Waals surface area (Å²) in [6, 6.07) is 26.0. The lowest BCUT2D eigenvalue weighted by atomic mass is 10.0. The van der Waals surface area contributed by atoms with Gasteiger partial charge in [0.05, 0.1) is 0 Å². The van der Waals surface area contributed by atoms with Crippen LogP contribution in [0.15, 0.2) is 110 Å². The van der Waals surface area contributed by atoms with E-state index in [1.807, 2.05) is 42.6 Å². The molecule has 0 unspecified atom stereocenters. The van der Waals surface area contributed by atoms with Crippen molar-refractivity contribution in [1.29, 1.82) is 0 Å². The van der Waals surface area contributed by atoms with E-state index in [0.29, 0.717) is 27.3 Å².